The minimum atomic E-state index is -2.12. The lowest BCUT2D eigenvalue weighted by atomic mass is 9.90. The van der Waals surface area contributed by atoms with E-state index in [4.69, 9.17) is 4.12 Å². The Morgan fingerprint density at radius 3 is 1.27 bits per heavy atom. The van der Waals surface area contributed by atoms with E-state index in [0.717, 1.165) is 25.7 Å². The SMILES string of the molecule is CC(C)(CC1C=CC(O)(CC#C[Si](C)(C)C)C1)[Si](C)(C)O[Si](C)(C)C(C)(C)CC1C=CC(O)(CC#C[Si](C)(C)C)C1. The second-order valence-electron chi connectivity index (χ2n) is 17.6. The number of hydrogen-bond donors (Lipinski definition) is 2. The van der Waals surface area contributed by atoms with Crippen molar-refractivity contribution in [2.75, 3.05) is 0 Å². The van der Waals surface area contributed by atoms with Crippen molar-refractivity contribution >= 4 is 32.8 Å². The highest BCUT2D eigenvalue weighted by Gasteiger charge is 2.51. The first-order valence-electron chi connectivity index (χ1n) is 15.7. The zero-order valence-corrected chi connectivity index (χ0v) is 33.0. The highest BCUT2D eigenvalue weighted by Crippen LogP contribution is 2.53. The molecule has 0 amide bonds. The number of rotatable bonds is 10. The molecule has 0 radical (unpaired) electrons. The molecule has 0 fully saturated rings. The first kappa shape index (κ1) is 36.5. The van der Waals surface area contributed by atoms with E-state index in [2.05, 4.69) is 128 Å². The normalized spacial score (nSPS) is 27.4. The van der Waals surface area contributed by atoms with Gasteiger partial charge in [-0.15, -0.1) is 22.9 Å². The molecule has 0 aromatic rings. The Morgan fingerprint density at radius 2 is 0.976 bits per heavy atom. The van der Waals surface area contributed by atoms with E-state index >= 15 is 0 Å². The molecule has 2 aliphatic rings. The summed E-state index contributed by atoms with van der Waals surface area (Å²) in [4.78, 5) is 0. The summed E-state index contributed by atoms with van der Waals surface area (Å²) < 4.78 is 7.35. The van der Waals surface area contributed by atoms with Gasteiger partial charge < -0.3 is 14.3 Å². The molecule has 2 aliphatic carbocycles. The Bertz CT molecular complexity index is 1030. The minimum absolute atomic E-state index is 0.0557. The third-order valence-electron chi connectivity index (χ3n) is 9.62. The smallest absolute Gasteiger partial charge is 0.179 e. The van der Waals surface area contributed by atoms with Crippen LogP contribution in [0.5, 0.6) is 0 Å². The molecule has 3 nitrogen and oxygen atoms in total. The van der Waals surface area contributed by atoms with Gasteiger partial charge in [0.1, 0.15) is 16.1 Å². The van der Waals surface area contributed by atoms with Gasteiger partial charge in [0.15, 0.2) is 16.6 Å². The summed E-state index contributed by atoms with van der Waals surface area (Å²) in [6, 6.07) is 0. The van der Waals surface area contributed by atoms with Gasteiger partial charge in [0, 0.05) is 12.8 Å². The summed E-state index contributed by atoms with van der Waals surface area (Å²) in [5.41, 5.74) is 5.22. The van der Waals surface area contributed by atoms with Crippen LogP contribution in [0.2, 0.25) is 75.5 Å². The Balaban J connectivity index is 2.03. The van der Waals surface area contributed by atoms with E-state index < -0.39 is 44.0 Å². The van der Waals surface area contributed by atoms with Crippen molar-refractivity contribution in [3.63, 3.8) is 0 Å². The monoisotopic (exact) mass is 630 g/mol. The minimum Gasteiger partial charge on any atom is -0.455 e. The number of aliphatic hydroxyl groups is 2. The zero-order chi connectivity index (χ0) is 31.8. The van der Waals surface area contributed by atoms with Crippen LogP contribution in [-0.2, 0) is 4.12 Å². The highest BCUT2D eigenvalue weighted by atomic mass is 28.4. The van der Waals surface area contributed by atoms with E-state index in [1.807, 2.05) is 12.2 Å². The van der Waals surface area contributed by atoms with Crippen LogP contribution in [-0.4, -0.2) is 54.2 Å². The molecule has 0 heterocycles. The summed E-state index contributed by atoms with van der Waals surface area (Å²) in [5, 5.41) is 22.5. The van der Waals surface area contributed by atoms with Gasteiger partial charge in [-0.3, -0.25) is 0 Å². The molecular weight excluding hydrogens is 569 g/mol. The van der Waals surface area contributed by atoms with E-state index in [0.29, 0.717) is 24.7 Å². The standard InChI is InChI=1S/C34H62O3Si4/c1-31(2,25-29-17-21-33(35,27-29)19-15-23-38(5,6)7)40(11,12)37-41(13,14)32(3,4)26-30-18-22-34(36,28-30)20-16-24-39(8,9)10/h17-18,21-22,29-30,35-36H,19-20,25-28H2,1-14H3. The Hall–Kier alpha value is -0.652. The molecule has 4 unspecified atom stereocenters. The zero-order valence-electron chi connectivity index (χ0n) is 29.0. The lowest BCUT2D eigenvalue weighted by molar-refractivity contribution is 0.0839. The maximum Gasteiger partial charge on any atom is 0.179 e. The van der Waals surface area contributed by atoms with E-state index in [1.54, 1.807) is 0 Å². The molecule has 0 spiro atoms. The van der Waals surface area contributed by atoms with E-state index in [1.165, 1.54) is 0 Å². The van der Waals surface area contributed by atoms with Gasteiger partial charge in [-0.05, 0) is 73.8 Å². The predicted molar refractivity (Wildman–Crippen MR) is 189 cm³/mol. The summed E-state index contributed by atoms with van der Waals surface area (Å²) in [5.74, 6) is 7.29. The van der Waals surface area contributed by atoms with Gasteiger partial charge in [0.05, 0.1) is 11.2 Å². The summed E-state index contributed by atoms with van der Waals surface area (Å²) in [7, 11) is -7.11. The van der Waals surface area contributed by atoms with Crippen LogP contribution in [0.1, 0.15) is 66.2 Å². The molecule has 0 bridgehead atoms. The van der Waals surface area contributed by atoms with E-state index in [-0.39, 0.29) is 10.1 Å². The van der Waals surface area contributed by atoms with Crippen LogP contribution in [0, 0.1) is 34.8 Å². The fraction of sp³-hybridized carbons (Fsp3) is 0.765. The van der Waals surface area contributed by atoms with Gasteiger partial charge in [0.25, 0.3) is 0 Å². The van der Waals surface area contributed by atoms with Crippen LogP contribution in [0.25, 0.3) is 0 Å². The van der Waals surface area contributed by atoms with Crippen molar-refractivity contribution in [2.45, 2.75) is 153 Å². The molecule has 0 saturated carbocycles. The first-order valence-corrected chi connectivity index (χ1v) is 28.5. The van der Waals surface area contributed by atoms with Crippen LogP contribution < -0.4 is 0 Å². The van der Waals surface area contributed by atoms with Crippen LogP contribution in [0.4, 0.5) is 0 Å². The Morgan fingerprint density at radius 1 is 0.659 bits per heavy atom. The molecule has 41 heavy (non-hydrogen) atoms. The molecule has 232 valence electrons. The van der Waals surface area contributed by atoms with Gasteiger partial charge in [0.2, 0.25) is 0 Å². The third kappa shape index (κ3) is 10.8. The highest BCUT2D eigenvalue weighted by molar-refractivity contribution is 6.87. The van der Waals surface area contributed by atoms with Gasteiger partial charge in [-0.1, -0.05) is 91.3 Å². The third-order valence-corrected chi connectivity index (χ3v) is 22.5. The van der Waals surface area contributed by atoms with Crippen molar-refractivity contribution in [1.29, 1.82) is 0 Å². The largest absolute Gasteiger partial charge is 0.455 e. The molecule has 4 atom stereocenters. The second-order valence-corrected chi connectivity index (χ2v) is 36.7. The first-order chi connectivity index (χ1) is 18.2. The molecule has 0 aliphatic heterocycles. The fourth-order valence-corrected chi connectivity index (χ4v) is 16.1. The van der Waals surface area contributed by atoms with Gasteiger partial charge in [-0.25, -0.2) is 0 Å². The Labute approximate surface area is 258 Å². The lowest BCUT2D eigenvalue weighted by Gasteiger charge is -2.50. The fourth-order valence-electron chi connectivity index (χ4n) is 5.99. The maximum absolute atomic E-state index is 11.2. The molecule has 2 N–H and O–H groups in total. The average molecular weight is 631 g/mol. The average Bonchev–Trinajstić information content (AvgIpc) is 3.26. The Kier molecular flexibility index (Phi) is 11.0. The maximum atomic E-state index is 11.2. The molecular formula is C34H62O3Si4. The van der Waals surface area contributed by atoms with Crippen LogP contribution >= 0.6 is 0 Å². The van der Waals surface area contributed by atoms with Crippen molar-refractivity contribution < 1.29 is 14.3 Å². The van der Waals surface area contributed by atoms with Crippen LogP contribution in [0.3, 0.4) is 0 Å². The second kappa shape index (κ2) is 12.4. The van der Waals surface area contributed by atoms with E-state index in [9.17, 15) is 10.2 Å². The van der Waals surface area contributed by atoms with Gasteiger partial charge >= 0.3 is 0 Å². The number of hydrogen-bond acceptors (Lipinski definition) is 3. The van der Waals surface area contributed by atoms with Crippen LogP contribution in [0.15, 0.2) is 24.3 Å². The molecule has 0 saturated heterocycles. The summed E-state index contributed by atoms with van der Waals surface area (Å²) in [6.07, 6.45) is 13.1. The molecule has 0 aromatic carbocycles. The van der Waals surface area contributed by atoms with Crippen molar-refractivity contribution in [3.8, 4) is 22.9 Å². The predicted octanol–water partition coefficient (Wildman–Crippen LogP) is 8.91. The molecule has 7 heteroatoms. The number of allylic oxidation sites excluding steroid dienone is 2. The van der Waals surface area contributed by atoms with Gasteiger partial charge in [-0.2, -0.15) is 0 Å². The molecule has 0 aromatic heterocycles. The quantitative estimate of drug-likeness (QED) is 0.144. The van der Waals surface area contributed by atoms with Crippen molar-refractivity contribution in [1.82, 2.24) is 0 Å². The summed E-state index contributed by atoms with van der Waals surface area (Å²) >= 11 is 0. The van der Waals surface area contributed by atoms with Crippen molar-refractivity contribution in [2.24, 2.45) is 11.8 Å². The van der Waals surface area contributed by atoms with Crippen molar-refractivity contribution in [3.05, 3.63) is 24.3 Å². The topological polar surface area (TPSA) is 49.7 Å². The molecule has 2 rings (SSSR count). The summed E-state index contributed by atoms with van der Waals surface area (Å²) in [6.45, 7) is 32.6. The lowest BCUT2D eigenvalue weighted by Crippen LogP contribution is -2.55.